The Morgan fingerprint density at radius 2 is 1.72 bits per heavy atom. The van der Waals surface area contributed by atoms with E-state index in [1.807, 2.05) is 60.4 Å². The lowest BCUT2D eigenvalue weighted by Crippen LogP contribution is -2.32. The Morgan fingerprint density at radius 1 is 1.00 bits per heavy atom. The highest BCUT2D eigenvalue weighted by Crippen LogP contribution is 2.41. The van der Waals surface area contributed by atoms with Crippen LogP contribution in [0.15, 0.2) is 63.8 Å². The SMILES string of the molecule is Cc1c(Cc2ccccc2)c(=O)oc2c3c(c(Cl)cc12)OCN(c1cc(Cl)cc(Cl)c1)C3. The normalized spacial score (nSPS) is 13.2. The average Bonchev–Trinajstić information content (AvgIpc) is 2.77. The Labute approximate surface area is 199 Å². The number of anilines is 1. The quantitative estimate of drug-likeness (QED) is 0.292. The number of hydrogen-bond acceptors (Lipinski definition) is 4. The van der Waals surface area contributed by atoms with E-state index in [1.54, 1.807) is 6.07 Å². The van der Waals surface area contributed by atoms with Gasteiger partial charge in [-0.1, -0.05) is 65.1 Å². The second kappa shape index (κ2) is 8.36. The zero-order valence-electron chi connectivity index (χ0n) is 17.1. The summed E-state index contributed by atoms with van der Waals surface area (Å²) in [5, 5.41) is 2.34. The molecule has 0 atom stereocenters. The number of ether oxygens (including phenoxy) is 1. The molecule has 5 rings (SSSR count). The third-order valence-electron chi connectivity index (χ3n) is 5.73. The fraction of sp³-hybridized carbons (Fsp3) is 0.160. The summed E-state index contributed by atoms with van der Waals surface area (Å²) in [6.07, 6.45) is 0.489. The molecule has 32 heavy (non-hydrogen) atoms. The molecule has 1 aliphatic heterocycles. The molecule has 2 heterocycles. The summed E-state index contributed by atoms with van der Waals surface area (Å²) in [7, 11) is 0. The van der Waals surface area contributed by atoms with E-state index in [1.165, 1.54) is 0 Å². The minimum atomic E-state index is -0.355. The molecule has 0 amide bonds. The summed E-state index contributed by atoms with van der Waals surface area (Å²) in [4.78, 5) is 14.9. The Bertz CT molecular complexity index is 1380. The van der Waals surface area contributed by atoms with Crippen LogP contribution in [-0.4, -0.2) is 6.73 Å². The molecule has 0 spiro atoms. The van der Waals surface area contributed by atoms with Gasteiger partial charge in [0.25, 0.3) is 0 Å². The Hall–Kier alpha value is -2.66. The van der Waals surface area contributed by atoms with Crippen LogP contribution in [-0.2, 0) is 13.0 Å². The van der Waals surface area contributed by atoms with E-state index < -0.39 is 0 Å². The zero-order valence-corrected chi connectivity index (χ0v) is 19.4. The Morgan fingerprint density at radius 3 is 2.44 bits per heavy atom. The van der Waals surface area contributed by atoms with E-state index in [-0.39, 0.29) is 12.4 Å². The van der Waals surface area contributed by atoms with Crippen LogP contribution in [0, 0.1) is 6.92 Å². The van der Waals surface area contributed by atoms with Gasteiger partial charge in [-0.05, 0) is 42.3 Å². The van der Waals surface area contributed by atoms with Gasteiger partial charge >= 0.3 is 5.63 Å². The summed E-state index contributed by atoms with van der Waals surface area (Å²) < 4.78 is 11.8. The second-order valence-corrected chi connectivity index (χ2v) is 9.08. The lowest BCUT2D eigenvalue weighted by atomic mass is 9.97. The maximum atomic E-state index is 13.0. The second-order valence-electron chi connectivity index (χ2n) is 7.80. The Balaban J connectivity index is 1.62. The van der Waals surface area contributed by atoms with Gasteiger partial charge in [0, 0.05) is 33.1 Å². The predicted molar refractivity (Wildman–Crippen MR) is 130 cm³/mol. The number of nitrogens with zero attached hydrogens (tertiary/aromatic N) is 1. The highest BCUT2D eigenvalue weighted by atomic mass is 35.5. The number of benzene rings is 3. The van der Waals surface area contributed by atoms with Crippen LogP contribution in [0.4, 0.5) is 5.69 Å². The molecule has 0 radical (unpaired) electrons. The van der Waals surface area contributed by atoms with Crippen LogP contribution in [0.5, 0.6) is 5.75 Å². The van der Waals surface area contributed by atoms with Gasteiger partial charge in [0.15, 0.2) is 6.73 Å². The first-order valence-electron chi connectivity index (χ1n) is 10.1. The molecule has 7 heteroatoms. The monoisotopic (exact) mass is 485 g/mol. The molecule has 0 fully saturated rings. The van der Waals surface area contributed by atoms with Crippen LogP contribution in [0.2, 0.25) is 15.1 Å². The molecular formula is C25H18Cl3NO3. The minimum absolute atomic E-state index is 0.268. The van der Waals surface area contributed by atoms with Crippen LogP contribution < -0.4 is 15.3 Å². The third kappa shape index (κ3) is 3.83. The standard InChI is InChI=1S/C25H18Cl3NO3/c1-14-19-11-22(28)24-21(12-29(13-31-24)18-9-16(26)8-17(27)10-18)23(19)32-25(30)20(14)7-15-5-3-2-4-6-15/h2-6,8-11H,7,12-13H2,1H3. The summed E-state index contributed by atoms with van der Waals surface area (Å²) >= 11 is 18.9. The molecule has 4 aromatic rings. The zero-order chi connectivity index (χ0) is 22.4. The summed E-state index contributed by atoms with van der Waals surface area (Å²) in [6.45, 7) is 2.63. The smallest absolute Gasteiger partial charge is 0.340 e. The maximum Gasteiger partial charge on any atom is 0.340 e. The van der Waals surface area contributed by atoms with Crippen molar-refractivity contribution >= 4 is 51.5 Å². The van der Waals surface area contributed by atoms with Crippen molar-refractivity contribution < 1.29 is 9.15 Å². The number of fused-ring (bicyclic) bond motifs is 3. The largest absolute Gasteiger partial charge is 0.471 e. The van der Waals surface area contributed by atoms with Gasteiger partial charge in [-0.15, -0.1) is 0 Å². The minimum Gasteiger partial charge on any atom is -0.471 e. The van der Waals surface area contributed by atoms with Crippen molar-refractivity contribution in [2.45, 2.75) is 19.9 Å². The molecule has 0 unspecified atom stereocenters. The number of halogens is 3. The van der Waals surface area contributed by atoms with Gasteiger partial charge in [0.2, 0.25) is 0 Å². The van der Waals surface area contributed by atoms with Crippen LogP contribution in [0.1, 0.15) is 22.3 Å². The number of aryl methyl sites for hydroxylation is 1. The van der Waals surface area contributed by atoms with E-state index >= 15 is 0 Å². The molecule has 1 aromatic heterocycles. The first-order valence-corrected chi connectivity index (χ1v) is 11.2. The number of rotatable bonds is 3. The predicted octanol–water partition coefficient (Wildman–Crippen LogP) is 7.01. The summed E-state index contributed by atoms with van der Waals surface area (Å²) in [5.74, 6) is 0.530. The molecule has 3 aromatic carbocycles. The van der Waals surface area contributed by atoms with Crippen LogP contribution >= 0.6 is 34.8 Å². The van der Waals surface area contributed by atoms with Gasteiger partial charge in [-0.2, -0.15) is 0 Å². The summed E-state index contributed by atoms with van der Waals surface area (Å²) in [6, 6.07) is 17.0. The van der Waals surface area contributed by atoms with Crippen LogP contribution in [0.25, 0.3) is 11.0 Å². The van der Waals surface area contributed by atoms with Gasteiger partial charge < -0.3 is 14.1 Å². The maximum absolute atomic E-state index is 13.0. The third-order valence-corrected chi connectivity index (χ3v) is 6.45. The van der Waals surface area contributed by atoms with Crippen molar-refractivity contribution in [2.24, 2.45) is 0 Å². The topological polar surface area (TPSA) is 42.7 Å². The lowest BCUT2D eigenvalue weighted by molar-refractivity contribution is 0.289. The van der Waals surface area contributed by atoms with Crippen molar-refractivity contribution in [3.8, 4) is 5.75 Å². The van der Waals surface area contributed by atoms with E-state index in [0.717, 1.165) is 27.8 Å². The van der Waals surface area contributed by atoms with E-state index in [4.69, 9.17) is 44.0 Å². The molecular weight excluding hydrogens is 469 g/mol. The van der Waals surface area contributed by atoms with E-state index in [9.17, 15) is 4.79 Å². The molecule has 0 saturated carbocycles. The molecule has 0 aliphatic carbocycles. The van der Waals surface area contributed by atoms with Crippen molar-refractivity contribution in [2.75, 3.05) is 11.6 Å². The van der Waals surface area contributed by atoms with Crippen molar-refractivity contribution in [1.29, 1.82) is 0 Å². The fourth-order valence-electron chi connectivity index (χ4n) is 4.10. The molecule has 1 aliphatic rings. The first-order chi connectivity index (χ1) is 15.4. The molecule has 162 valence electrons. The highest BCUT2D eigenvalue weighted by Gasteiger charge is 2.26. The molecule has 0 N–H and O–H groups in total. The lowest BCUT2D eigenvalue weighted by Gasteiger charge is -2.32. The van der Waals surface area contributed by atoms with Crippen molar-refractivity contribution in [3.63, 3.8) is 0 Å². The van der Waals surface area contributed by atoms with Gasteiger partial charge in [0.05, 0.1) is 17.1 Å². The van der Waals surface area contributed by atoms with Crippen LogP contribution in [0.3, 0.4) is 0 Å². The highest BCUT2D eigenvalue weighted by molar-refractivity contribution is 6.35. The fourth-order valence-corrected chi connectivity index (χ4v) is 4.90. The Kier molecular flexibility index (Phi) is 5.54. The molecule has 0 saturated heterocycles. The first kappa shape index (κ1) is 21.2. The average molecular weight is 487 g/mol. The van der Waals surface area contributed by atoms with Gasteiger partial charge in [-0.25, -0.2) is 4.79 Å². The summed E-state index contributed by atoms with van der Waals surface area (Å²) in [5.41, 5.74) is 4.18. The molecule has 4 nitrogen and oxygen atoms in total. The van der Waals surface area contributed by atoms with Gasteiger partial charge in [-0.3, -0.25) is 0 Å². The van der Waals surface area contributed by atoms with Gasteiger partial charge in [0.1, 0.15) is 11.3 Å². The van der Waals surface area contributed by atoms with E-state index in [2.05, 4.69) is 0 Å². The van der Waals surface area contributed by atoms with Crippen molar-refractivity contribution in [1.82, 2.24) is 0 Å². The molecule has 0 bridgehead atoms. The van der Waals surface area contributed by atoms with Crippen molar-refractivity contribution in [3.05, 3.63) is 102 Å². The van der Waals surface area contributed by atoms with E-state index in [0.29, 0.717) is 44.9 Å². The number of hydrogen-bond donors (Lipinski definition) is 0.